The molecular formula is C38H28N8O13S4. The van der Waals surface area contributed by atoms with Gasteiger partial charge in [0.1, 0.15) is 15.5 Å². The summed E-state index contributed by atoms with van der Waals surface area (Å²) >= 11 is 0. The van der Waals surface area contributed by atoms with E-state index in [0.717, 1.165) is 24.3 Å². The molecule has 0 aliphatic carbocycles. The van der Waals surface area contributed by atoms with Gasteiger partial charge in [0.15, 0.2) is 0 Å². The van der Waals surface area contributed by atoms with Crippen LogP contribution in [0.2, 0.25) is 0 Å². The predicted molar refractivity (Wildman–Crippen MR) is 225 cm³/mol. The Balaban J connectivity index is 1.14. The quantitative estimate of drug-likeness (QED) is 0.0260. The second-order valence-corrected chi connectivity index (χ2v) is 18.3. The molecule has 21 nitrogen and oxygen atoms in total. The van der Waals surface area contributed by atoms with Gasteiger partial charge in [0.25, 0.3) is 40.5 Å². The minimum atomic E-state index is -4.88. The van der Waals surface area contributed by atoms with Crippen molar-refractivity contribution in [3.05, 3.63) is 150 Å². The van der Waals surface area contributed by atoms with E-state index in [4.69, 9.17) is 9.11 Å². The molecular weight excluding hydrogens is 905 g/mol. The predicted octanol–water partition coefficient (Wildman–Crippen LogP) is 10.0. The zero-order valence-corrected chi connectivity index (χ0v) is 34.8. The van der Waals surface area contributed by atoms with Gasteiger partial charge in [-0.25, -0.2) is 0 Å². The number of hydrogen-bond acceptors (Lipinski definition) is 16. The Kier molecular flexibility index (Phi) is 13.3. The van der Waals surface area contributed by atoms with Gasteiger partial charge in [-0.1, -0.05) is 29.1 Å². The maximum atomic E-state index is 12.5. The first-order valence-electron chi connectivity index (χ1n) is 17.3. The van der Waals surface area contributed by atoms with Crippen molar-refractivity contribution in [1.29, 1.82) is 0 Å². The molecule has 6 rings (SSSR count). The van der Waals surface area contributed by atoms with Crippen molar-refractivity contribution in [2.75, 3.05) is 0 Å². The lowest BCUT2D eigenvalue weighted by atomic mass is 10.1. The average Bonchev–Trinajstić information content (AvgIpc) is 3.23. The molecule has 6 aromatic carbocycles. The Morgan fingerprint density at radius 2 is 0.667 bits per heavy atom. The molecule has 0 radical (unpaired) electrons. The average molecular weight is 933 g/mol. The van der Waals surface area contributed by atoms with Crippen molar-refractivity contribution in [3.63, 3.8) is 0 Å². The van der Waals surface area contributed by atoms with Crippen LogP contribution in [0.1, 0.15) is 11.1 Å². The molecule has 25 heteroatoms. The van der Waals surface area contributed by atoms with Gasteiger partial charge < -0.3 is 5.21 Å². The van der Waals surface area contributed by atoms with E-state index < -0.39 is 50.3 Å². The first kappa shape index (κ1) is 45.4. The first-order valence-corrected chi connectivity index (χ1v) is 23.1. The fourth-order valence-corrected chi connectivity index (χ4v) is 7.55. The molecule has 0 atom stereocenters. The van der Waals surface area contributed by atoms with Crippen LogP contribution in [0.3, 0.4) is 0 Å². The van der Waals surface area contributed by atoms with Crippen molar-refractivity contribution >= 4 is 98.1 Å². The number of azo groups is 4. The van der Waals surface area contributed by atoms with Crippen molar-refractivity contribution in [3.8, 4) is 0 Å². The highest BCUT2D eigenvalue weighted by Crippen LogP contribution is 2.31. The number of nitrogens with zero attached hydrogens (tertiary/aromatic N) is 8. The molecule has 6 aromatic rings. The largest absolute Gasteiger partial charge is 0.594 e. The van der Waals surface area contributed by atoms with E-state index in [1.807, 2.05) is 0 Å². The lowest BCUT2D eigenvalue weighted by Gasteiger charge is -2.06. The van der Waals surface area contributed by atoms with Crippen LogP contribution >= 0.6 is 0 Å². The molecule has 0 spiro atoms. The smallest absolute Gasteiger partial charge is 0.295 e. The summed E-state index contributed by atoms with van der Waals surface area (Å²) in [5.74, 6) is 0. The fraction of sp³-hybridized carbons (Fsp3) is 0. The number of rotatable bonds is 14. The lowest BCUT2D eigenvalue weighted by Crippen LogP contribution is -2.01. The Morgan fingerprint density at radius 3 is 1.00 bits per heavy atom. The zero-order chi connectivity index (χ0) is 45.6. The maximum absolute atomic E-state index is 12.5. The van der Waals surface area contributed by atoms with Crippen molar-refractivity contribution < 1.29 is 56.7 Å². The second-order valence-electron chi connectivity index (χ2n) is 12.7. The molecule has 322 valence electrons. The van der Waals surface area contributed by atoms with E-state index in [9.17, 15) is 48.0 Å². The van der Waals surface area contributed by atoms with Crippen molar-refractivity contribution in [2.45, 2.75) is 19.6 Å². The van der Waals surface area contributed by atoms with Gasteiger partial charge >= 0.3 is 0 Å². The minimum Gasteiger partial charge on any atom is -0.594 e. The van der Waals surface area contributed by atoms with Gasteiger partial charge in [0, 0.05) is 17.2 Å². The van der Waals surface area contributed by atoms with E-state index in [2.05, 4.69) is 35.8 Å². The van der Waals surface area contributed by atoms with Crippen LogP contribution in [0, 0.1) is 5.21 Å². The van der Waals surface area contributed by atoms with Gasteiger partial charge in [-0.15, -0.1) is 0 Å². The number of benzene rings is 6. The SMILES string of the molecule is O=S(=O)(O)c1ccc(N=Nc2ccc(N=Nc3ccc(C=Cc4ccc(N=Nc5ccc([N+]([O-])=Nc6ccc(S(=O)(=O)O)cc6)cc5)cc4S(=O)(=O)O)c(S(=O)(=O)O)c3)cc2)cc1. The Hall–Kier alpha value is -7.10. The monoisotopic (exact) mass is 932 g/mol. The van der Waals surface area contributed by atoms with E-state index in [1.54, 1.807) is 12.1 Å². The van der Waals surface area contributed by atoms with Gasteiger partial charge in [0.05, 0.1) is 43.9 Å². The highest BCUT2D eigenvalue weighted by Gasteiger charge is 2.18. The van der Waals surface area contributed by atoms with Crippen molar-refractivity contribution in [1.82, 2.24) is 0 Å². The van der Waals surface area contributed by atoms with Crippen LogP contribution < -0.4 is 0 Å². The van der Waals surface area contributed by atoms with Gasteiger partial charge in [0.2, 0.25) is 5.69 Å². The molecule has 63 heavy (non-hydrogen) atoms. The summed E-state index contributed by atoms with van der Waals surface area (Å²) in [5.41, 5.74) is 1.27. The molecule has 0 heterocycles. The minimum absolute atomic E-state index is 0.0173. The van der Waals surface area contributed by atoms with Crippen LogP contribution in [0.25, 0.3) is 12.2 Å². The van der Waals surface area contributed by atoms with E-state index in [0.29, 0.717) is 17.1 Å². The third kappa shape index (κ3) is 12.5. The molecule has 0 saturated carbocycles. The standard InChI is InChI=1S/C38H28N8O13S4/c47-46(45-31-15-21-36(22-16-31)61(51,52)53)34-17-11-29(12-18-34)42-44-33-6-4-26(38(24-33)63(57,58)59)2-1-25-3-5-32(23-37(25)62(54,55)56)43-41-28-9-7-27(8-10-28)39-40-30-13-19-35(20-14-30)60(48,49)50/h1-24H,(H,48,49,50)(H,51,52,53)(H,54,55,56)(H,57,58,59). The van der Waals surface area contributed by atoms with Crippen molar-refractivity contribution in [2.24, 2.45) is 35.8 Å². The molecule has 0 amide bonds. The summed E-state index contributed by atoms with van der Waals surface area (Å²) in [4.78, 5) is -1.61. The highest BCUT2D eigenvalue weighted by atomic mass is 32.2. The zero-order valence-electron chi connectivity index (χ0n) is 31.5. The van der Waals surface area contributed by atoms with Crippen LogP contribution in [0.5, 0.6) is 0 Å². The summed E-state index contributed by atoms with van der Waals surface area (Å²) in [6.45, 7) is 0. The van der Waals surface area contributed by atoms with Gasteiger partial charge in [-0.05, 0) is 120 Å². The topological polar surface area (TPSA) is 330 Å². The van der Waals surface area contributed by atoms with Gasteiger partial charge in [-0.2, -0.15) is 64.4 Å². The summed E-state index contributed by atoms with van der Waals surface area (Å²) in [6.07, 6.45) is 2.37. The molecule has 4 N–H and O–H groups in total. The summed E-state index contributed by atoms with van der Waals surface area (Å²) in [5, 5.41) is 40.4. The normalized spacial score (nSPS) is 13.2. The summed E-state index contributed by atoms with van der Waals surface area (Å²) in [6, 6.07) is 28.6. The fourth-order valence-electron chi connectivity index (χ4n) is 5.18. The maximum Gasteiger partial charge on any atom is 0.295 e. The Bertz CT molecular complexity index is 3310. The second kappa shape index (κ2) is 18.5. The highest BCUT2D eigenvalue weighted by molar-refractivity contribution is 7.86. The van der Waals surface area contributed by atoms with Crippen LogP contribution in [-0.2, 0) is 40.5 Å². The molecule has 0 aliphatic rings. The molecule has 0 bridgehead atoms. The third-order valence-electron chi connectivity index (χ3n) is 8.23. The third-order valence-corrected chi connectivity index (χ3v) is 11.8. The molecule has 0 aromatic heterocycles. The molecule has 0 aliphatic heterocycles. The van der Waals surface area contributed by atoms with E-state index in [-0.39, 0.29) is 54.2 Å². The Morgan fingerprint density at radius 1 is 0.381 bits per heavy atom. The van der Waals surface area contributed by atoms with E-state index in [1.165, 1.54) is 109 Å². The van der Waals surface area contributed by atoms with Crippen LogP contribution in [0.4, 0.5) is 45.5 Å². The summed E-state index contributed by atoms with van der Waals surface area (Å²) in [7, 11) is -18.5. The molecule has 0 fully saturated rings. The van der Waals surface area contributed by atoms with E-state index >= 15 is 0 Å². The summed E-state index contributed by atoms with van der Waals surface area (Å²) < 4.78 is 132. The van der Waals surface area contributed by atoms with Crippen LogP contribution in [-0.4, -0.2) is 56.7 Å². The number of hydrogen-bond donors (Lipinski definition) is 4. The van der Waals surface area contributed by atoms with Crippen LogP contribution in [0.15, 0.2) is 189 Å². The lowest BCUT2D eigenvalue weighted by molar-refractivity contribution is -0.435. The molecule has 0 unspecified atom stereocenters. The van der Waals surface area contributed by atoms with Gasteiger partial charge in [-0.3, -0.25) is 18.2 Å². The first-order chi connectivity index (χ1) is 29.6. The Labute approximate surface area is 358 Å². The molecule has 0 saturated heterocycles.